The van der Waals surface area contributed by atoms with Gasteiger partial charge in [0.1, 0.15) is 26.4 Å². The third kappa shape index (κ3) is 6.68. The van der Waals surface area contributed by atoms with Crippen molar-refractivity contribution in [1.82, 2.24) is 20.1 Å². The van der Waals surface area contributed by atoms with Crippen molar-refractivity contribution < 1.29 is 23.2 Å². The van der Waals surface area contributed by atoms with Gasteiger partial charge in [-0.25, -0.2) is 4.98 Å². The van der Waals surface area contributed by atoms with E-state index in [1.54, 1.807) is 48.7 Å². The number of carbonyl (C=O) groups excluding carboxylic acids is 2. The van der Waals surface area contributed by atoms with Crippen molar-refractivity contribution in [3.63, 3.8) is 0 Å². The van der Waals surface area contributed by atoms with E-state index in [0.717, 1.165) is 21.7 Å². The largest absolute Gasteiger partial charge is 0.484 e. The van der Waals surface area contributed by atoms with Crippen LogP contribution in [-0.4, -0.2) is 42.8 Å². The Morgan fingerprint density at radius 1 is 1.12 bits per heavy atom. The molecule has 0 saturated carbocycles. The van der Waals surface area contributed by atoms with Gasteiger partial charge in [0.2, 0.25) is 5.13 Å². The van der Waals surface area contributed by atoms with Gasteiger partial charge in [0, 0.05) is 0 Å². The Bertz CT molecular complexity index is 1710. The number of furan rings is 1. The fourth-order valence-electron chi connectivity index (χ4n) is 3.71. The summed E-state index contributed by atoms with van der Waals surface area (Å²) in [5.41, 5.74) is 2.33. The van der Waals surface area contributed by atoms with Crippen LogP contribution >= 0.6 is 47.1 Å². The van der Waals surface area contributed by atoms with E-state index < -0.39 is 0 Å². The summed E-state index contributed by atoms with van der Waals surface area (Å²) in [6.07, 6.45) is 3.33. The molecule has 2 amide bonds. The van der Waals surface area contributed by atoms with Gasteiger partial charge in [0.25, 0.3) is 17.0 Å². The third-order valence-electron chi connectivity index (χ3n) is 5.62. The molecule has 1 aliphatic heterocycles. The summed E-state index contributed by atoms with van der Waals surface area (Å²) in [6, 6.07) is 18.2. The van der Waals surface area contributed by atoms with E-state index in [2.05, 4.69) is 20.5 Å². The van der Waals surface area contributed by atoms with E-state index in [0.29, 0.717) is 43.4 Å². The fraction of sp³-hybridized carbons (Fsp3) is 0.111. The molecular weight excluding hydrogens is 603 g/mol. The number of hydrogen-bond acceptors (Lipinski definition) is 12. The van der Waals surface area contributed by atoms with Gasteiger partial charge in [-0.3, -0.25) is 19.8 Å². The van der Waals surface area contributed by atoms with Crippen molar-refractivity contribution in [2.45, 2.75) is 17.5 Å². The average molecular weight is 622 g/mol. The summed E-state index contributed by atoms with van der Waals surface area (Å²) in [7, 11) is 0. The Hall–Kier alpha value is -3.98. The molecule has 6 rings (SSSR count). The molecule has 1 N–H and O–H groups in total. The van der Waals surface area contributed by atoms with Crippen LogP contribution in [0.15, 0.2) is 85.9 Å². The highest BCUT2D eigenvalue weighted by atomic mass is 32.2. The lowest BCUT2D eigenvalue weighted by molar-refractivity contribution is -0.122. The highest BCUT2D eigenvalue weighted by Gasteiger charge is 2.32. The first-order valence-electron chi connectivity index (χ1n) is 12.1. The predicted octanol–water partition coefficient (Wildman–Crippen LogP) is 5.98. The summed E-state index contributed by atoms with van der Waals surface area (Å²) < 4.78 is 17.1. The first-order valence-corrected chi connectivity index (χ1v) is 15.1. The molecule has 14 heteroatoms. The number of nitrogens with zero attached hydrogens (tertiary/aromatic N) is 4. The smallest absolute Gasteiger partial charge is 0.266 e. The number of oxazole rings is 1. The molecule has 0 spiro atoms. The fourth-order valence-corrected chi connectivity index (χ4v) is 6.54. The Labute approximate surface area is 251 Å². The lowest BCUT2D eigenvalue weighted by Crippen LogP contribution is -2.27. The molecule has 0 bridgehead atoms. The number of fused-ring (bicyclic) bond motifs is 1. The van der Waals surface area contributed by atoms with E-state index in [1.807, 2.05) is 24.3 Å². The maximum absolute atomic E-state index is 12.8. The number of benzene rings is 2. The minimum absolute atomic E-state index is 0.169. The summed E-state index contributed by atoms with van der Waals surface area (Å²) in [4.78, 5) is 31.6. The highest BCUT2D eigenvalue weighted by Crippen LogP contribution is 2.34. The minimum Gasteiger partial charge on any atom is -0.484 e. The number of rotatable bonds is 10. The second-order valence-electron chi connectivity index (χ2n) is 8.49. The van der Waals surface area contributed by atoms with Crippen molar-refractivity contribution in [3.05, 3.63) is 88.2 Å². The molecular formula is C27H19N5O5S4. The van der Waals surface area contributed by atoms with Gasteiger partial charge in [-0.15, -0.1) is 10.2 Å². The number of ether oxygens (including phenoxy) is 1. The quantitative estimate of drug-likeness (QED) is 0.112. The Morgan fingerprint density at radius 3 is 2.78 bits per heavy atom. The molecule has 1 aliphatic rings. The summed E-state index contributed by atoms with van der Waals surface area (Å²) in [5.74, 6) is 1.16. The van der Waals surface area contributed by atoms with Crippen molar-refractivity contribution >= 4 is 85.5 Å². The molecule has 41 heavy (non-hydrogen) atoms. The van der Waals surface area contributed by atoms with Crippen LogP contribution in [0.5, 0.6) is 5.75 Å². The van der Waals surface area contributed by atoms with Gasteiger partial charge in [0.15, 0.2) is 12.2 Å². The second-order valence-corrected chi connectivity index (χ2v) is 12.2. The minimum atomic E-state index is -0.358. The SMILES string of the molecule is O=C(COc1ccc(/C=C2\SC(=S)N(Cc3ccco3)C2=O)cc1)Nc1nnc(CSc2nc3ccccc3o2)s1. The topological polar surface area (TPSA) is 124 Å². The molecule has 5 aromatic rings. The predicted molar refractivity (Wildman–Crippen MR) is 161 cm³/mol. The van der Waals surface area contributed by atoms with Gasteiger partial charge in [-0.1, -0.05) is 71.3 Å². The van der Waals surface area contributed by atoms with Gasteiger partial charge in [0.05, 0.1) is 23.5 Å². The molecule has 0 atom stereocenters. The number of thiocarbonyl (C=S) groups is 1. The number of carbonyl (C=O) groups is 2. The molecule has 1 saturated heterocycles. The highest BCUT2D eigenvalue weighted by molar-refractivity contribution is 8.26. The maximum atomic E-state index is 12.8. The van der Waals surface area contributed by atoms with E-state index in [-0.39, 0.29) is 18.4 Å². The first-order chi connectivity index (χ1) is 20.0. The summed E-state index contributed by atoms with van der Waals surface area (Å²) >= 11 is 9.30. The normalized spacial score (nSPS) is 14.3. The van der Waals surface area contributed by atoms with Crippen molar-refractivity contribution in [1.29, 1.82) is 0 Å². The van der Waals surface area contributed by atoms with Gasteiger partial charge in [-0.2, -0.15) is 0 Å². The number of thioether (sulfide) groups is 2. The molecule has 0 radical (unpaired) electrons. The number of hydrogen-bond donors (Lipinski definition) is 1. The maximum Gasteiger partial charge on any atom is 0.266 e. The number of aromatic nitrogens is 3. The monoisotopic (exact) mass is 621 g/mol. The Kier molecular flexibility index (Phi) is 8.14. The van der Waals surface area contributed by atoms with Crippen LogP contribution in [0.4, 0.5) is 5.13 Å². The van der Waals surface area contributed by atoms with Crippen molar-refractivity contribution in [2.24, 2.45) is 0 Å². The van der Waals surface area contributed by atoms with Crippen LogP contribution in [0.1, 0.15) is 16.3 Å². The van der Waals surface area contributed by atoms with E-state index in [4.69, 9.17) is 25.8 Å². The van der Waals surface area contributed by atoms with Crippen molar-refractivity contribution in [2.75, 3.05) is 11.9 Å². The Morgan fingerprint density at radius 2 is 1.98 bits per heavy atom. The zero-order chi connectivity index (χ0) is 28.2. The van der Waals surface area contributed by atoms with Gasteiger partial charge in [-0.05, 0) is 48.0 Å². The lowest BCUT2D eigenvalue weighted by atomic mass is 10.2. The number of anilines is 1. The second kappa shape index (κ2) is 12.3. The summed E-state index contributed by atoms with van der Waals surface area (Å²) in [5, 5.41) is 12.5. The van der Waals surface area contributed by atoms with Gasteiger partial charge >= 0.3 is 0 Å². The Balaban J connectivity index is 0.972. The average Bonchev–Trinajstić information content (AvgIpc) is 3.78. The molecule has 1 fully saturated rings. The zero-order valence-electron chi connectivity index (χ0n) is 21.0. The molecule has 2 aromatic carbocycles. The zero-order valence-corrected chi connectivity index (χ0v) is 24.3. The lowest BCUT2D eigenvalue weighted by Gasteiger charge is -2.11. The van der Waals surface area contributed by atoms with Crippen LogP contribution in [0.2, 0.25) is 0 Å². The third-order valence-corrected chi connectivity index (χ3v) is 8.86. The molecule has 4 heterocycles. The molecule has 3 aromatic heterocycles. The van der Waals surface area contributed by atoms with Crippen LogP contribution in [-0.2, 0) is 21.9 Å². The molecule has 206 valence electrons. The molecule has 0 unspecified atom stereocenters. The number of amides is 2. The van der Waals surface area contributed by atoms with Gasteiger partial charge < -0.3 is 13.6 Å². The van der Waals surface area contributed by atoms with Crippen LogP contribution in [0.25, 0.3) is 17.2 Å². The van der Waals surface area contributed by atoms with Crippen LogP contribution in [0.3, 0.4) is 0 Å². The van der Waals surface area contributed by atoms with E-state index >= 15 is 0 Å². The van der Waals surface area contributed by atoms with Crippen molar-refractivity contribution in [3.8, 4) is 5.75 Å². The molecule has 0 aliphatic carbocycles. The summed E-state index contributed by atoms with van der Waals surface area (Å²) in [6.45, 7) is 0.0957. The first kappa shape index (κ1) is 27.2. The van der Waals surface area contributed by atoms with Crippen LogP contribution in [0, 0.1) is 0 Å². The standard InChI is InChI=1S/C27H19N5O5S4/c33-22(29-25-31-30-23(41-25)15-39-26-28-19-5-1-2-6-20(19)37-26)14-36-17-9-7-16(8-10-17)12-21-24(34)32(27(38)40-21)13-18-4-3-11-35-18/h1-12H,13-15H2,(H,29,31,33)/b21-12-. The number of nitrogens with one attached hydrogen (secondary N) is 1. The van der Waals surface area contributed by atoms with E-state index in [9.17, 15) is 9.59 Å². The molecule has 10 nitrogen and oxygen atoms in total. The number of para-hydroxylation sites is 2. The van der Waals surface area contributed by atoms with Crippen LogP contribution < -0.4 is 10.1 Å². The van der Waals surface area contributed by atoms with E-state index in [1.165, 1.54) is 39.8 Å².